The minimum Gasteiger partial charge on any atom is -0.228 e. The Morgan fingerprint density at radius 1 is 1.10 bits per heavy atom. The van der Waals surface area contributed by atoms with E-state index in [0.717, 1.165) is 6.26 Å². The molecule has 0 aliphatic rings. The quantitative estimate of drug-likeness (QED) is 0.764. The summed E-state index contributed by atoms with van der Waals surface area (Å²) in [7, 11) is -3.34. The van der Waals surface area contributed by atoms with Crippen molar-refractivity contribution in [3.8, 4) is 11.1 Å². The van der Waals surface area contributed by atoms with Crippen LogP contribution in [0, 0.1) is 0 Å². The first-order chi connectivity index (χ1) is 9.70. The number of hydrogen-bond acceptors (Lipinski definition) is 4. The molecular formula is C13H11Cl3N2O2S. The van der Waals surface area contributed by atoms with Gasteiger partial charge in [-0.3, -0.25) is 0 Å². The monoisotopic (exact) mass is 364 g/mol. The summed E-state index contributed by atoms with van der Waals surface area (Å²) in [5.74, 6) is 0.0679. The van der Waals surface area contributed by atoms with Gasteiger partial charge in [-0.1, -0.05) is 46.9 Å². The summed E-state index contributed by atoms with van der Waals surface area (Å²) < 4.78 is 23.1. The largest absolute Gasteiger partial charge is 0.228 e. The molecule has 1 heterocycles. The third-order valence-electron chi connectivity index (χ3n) is 2.96. The van der Waals surface area contributed by atoms with E-state index in [9.17, 15) is 8.42 Å². The molecular weight excluding hydrogens is 355 g/mol. The van der Waals surface area contributed by atoms with Crippen molar-refractivity contribution < 1.29 is 8.42 Å². The molecule has 2 rings (SSSR count). The topological polar surface area (TPSA) is 59.9 Å². The Morgan fingerprint density at radius 3 is 2.14 bits per heavy atom. The van der Waals surface area contributed by atoms with E-state index in [2.05, 4.69) is 9.97 Å². The minimum atomic E-state index is -3.34. The highest BCUT2D eigenvalue weighted by Crippen LogP contribution is 2.35. The van der Waals surface area contributed by atoms with Gasteiger partial charge >= 0.3 is 0 Å². The molecule has 1 aromatic carbocycles. The summed E-state index contributed by atoms with van der Waals surface area (Å²) in [5, 5.41) is -0.195. The van der Waals surface area contributed by atoms with Crippen LogP contribution in [0.4, 0.5) is 0 Å². The smallest absolute Gasteiger partial charge is 0.157 e. The van der Waals surface area contributed by atoms with Crippen LogP contribution in [0.15, 0.2) is 24.3 Å². The Kier molecular flexibility index (Phi) is 4.78. The van der Waals surface area contributed by atoms with E-state index < -0.39 is 15.1 Å². The second kappa shape index (κ2) is 6.08. The molecule has 112 valence electrons. The summed E-state index contributed by atoms with van der Waals surface area (Å²) in [6.45, 7) is 1.48. The Bertz CT molecular complexity index is 771. The maximum absolute atomic E-state index is 11.6. The zero-order chi connectivity index (χ0) is 15.8. The molecule has 0 saturated heterocycles. The van der Waals surface area contributed by atoms with Gasteiger partial charge in [-0.2, -0.15) is 0 Å². The summed E-state index contributed by atoms with van der Waals surface area (Å²) >= 11 is 18.2. The van der Waals surface area contributed by atoms with Crippen molar-refractivity contribution in [2.45, 2.75) is 12.2 Å². The van der Waals surface area contributed by atoms with E-state index in [-0.39, 0.29) is 16.1 Å². The Morgan fingerprint density at radius 2 is 1.67 bits per heavy atom. The molecule has 4 nitrogen and oxygen atoms in total. The van der Waals surface area contributed by atoms with Crippen LogP contribution in [0.2, 0.25) is 15.3 Å². The van der Waals surface area contributed by atoms with Crippen LogP contribution >= 0.6 is 34.8 Å². The lowest BCUT2D eigenvalue weighted by atomic mass is 10.1. The number of benzene rings is 1. The Labute approximate surface area is 138 Å². The highest BCUT2D eigenvalue weighted by Gasteiger charge is 2.23. The van der Waals surface area contributed by atoms with Crippen LogP contribution in [0.3, 0.4) is 0 Å². The van der Waals surface area contributed by atoms with Crippen molar-refractivity contribution in [2.75, 3.05) is 6.26 Å². The van der Waals surface area contributed by atoms with Gasteiger partial charge in [0.15, 0.2) is 9.84 Å². The molecule has 0 saturated carbocycles. The van der Waals surface area contributed by atoms with Crippen molar-refractivity contribution in [3.05, 3.63) is 45.4 Å². The highest BCUT2D eigenvalue weighted by atomic mass is 35.5. The lowest BCUT2D eigenvalue weighted by molar-refractivity contribution is 0.589. The predicted octanol–water partition coefficient (Wildman–Crippen LogP) is 4.21. The Hall–Kier alpha value is -0.880. The maximum Gasteiger partial charge on any atom is 0.157 e. The van der Waals surface area contributed by atoms with Gasteiger partial charge in [0.2, 0.25) is 0 Å². The molecule has 1 unspecified atom stereocenters. The number of rotatable bonds is 3. The Balaban J connectivity index is 2.58. The van der Waals surface area contributed by atoms with Crippen molar-refractivity contribution in [2.24, 2.45) is 0 Å². The maximum atomic E-state index is 11.6. The predicted molar refractivity (Wildman–Crippen MR) is 85.8 cm³/mol. The fraction of sp³-hybridized carbons (Fsp3) is 0.231. The second-order valence-corrected chi connectivity index (χ2v) is 8.04. The van der Waals surface area contributed by atoms with Crippen molar-refractivity contribution in [1.82, 2.24) is 9.97 Å². The molecule has 21 heavy (non-hydrogen) atoms. The lowest BCUT2D eigenvalue weighted by Crippen LogP contribution is -2.12. The average Bonchev–Trinajstić information content (AvgIpc) is 2.36. The molecule has 8 heteroatoms. The van der Waals surface area contributed by atoms with E-state index in [1.54, 1.807) is 24.3 Å². The number of sulfone groups is 1. The zero-order valence-corrected chi connectivity index (χ0v) is 14.2. The third kappa shape index (κ3) is 3.66. The van der Waals surface area contributed by atoms with Crippen molar-refractivity contribution in [1.29, 1.82) is 0 Å². The number of hydrogen-bond donors (Lipinski definition) is 0. The summed E-state index contributed by atoms with van der Waals surface area (Å²) in [6.07, 6.45) is 1.10. The van der Waals surface area contributed by atoms with E-state index in [1.165, 1.54) is 6.92 Å². The van der Waals surface area contributed by atoms with Crippen LogP contribution in [0.1, 0.15) is 18.0 Å². The second-order valence-electron chi connectivity index (χ2n) is 4.52. The van der Waals surface area contributed by atoms with E-state index in [0.29, 0.717) is 16.1 Å². The molecule has 0 bridgehead atoms. The fourth-order valence-corrected chi connectivity index (χ4v) is 2.98. The average molecular weight is 366 g/mol. The number of nitrogens with zero attached hydrogens (tertiary/aromatic N) is 2. The van der Waals surface area contributed by atoms with E-state index in [4.69, 9.17) is 34.8 Å². The van der Waals surface area contributed by atoms with Crippen LogP contribution in [-0.2, 0) is 9.84 Å². The molecule has 0 amide bonds. The third-order valence-corrected chi connectivity index (χ3v) is 5.23. The van der Waals surface area contributed by atoms with Crippen molar-refractivity contribution >= 4 is 44.6 Å². The van der Waals surface area contributed by atoms with Crippen LogP contribution < -0.4 is 0 Å². The molecule has 0 fully saturated rings. The fourth-order valence-electron chi connectivity index (χ4n) is 1.68. The van der Waals surface area contributed by atoms with Crippen LogP contribution in [0.25, 0.3) is 11.1 Å². The van der Waals surface area contributed by atoms with Gasteiger partial charge in [-0.25, -0.2) is 18.4 Å². The number of aromatic nitrogens is 2. The van der Waals surface area contributed by atoms with Gasteiger partial charge in [-0.15, -0.1) is 0 Å². The van der Waals surface area contributed by atoms with Gasteiger partial charge in [0, 0.05) is 11.3 Å². The molecule has 1 aromatic heterocycles. The first kappa shape index (κ1) is 16.5. The minimum absolute atomic E-state index is 0.0679. The van der Waals surface area contributed by atoms with Gasteiger partial charge in [-0.05, 0) is 24.6 Å². The summed E-state index contributed by atoms with van der Waals surface area (Å²) in [4.78, 5) is 8.11. The van der Waals surface area contributed by atoms with Crippen LogP contribution in [0.5, 0.6) is 0 Å². The van der Waals surface area contributed by atoms with Gasteiger partial charge in [0.1, 0.15) is 21.4 Å². The van der Waals surface area contributed by atoms with Crippen molar-refractivity contribution in [3.63, 3.8) is 0 Å². The molecule has 0 radical (unpaired) electrons. The summed E-state index contributed by atoms with van der Waals surface area (Å²) in [5.41, 5.74) is 1.08. The first-order valence-corrected chi connectivity index (χ1v) is 8.96. The molecule has 0 N–H and O–H groups in total. The van der Waals surface area contributed by atoms with E-state index >= 15 is 0 Å². The molecule has 0 aliphatic carbocycles. The van der Waals surface area contributed by atoms with Gasteiger partial charge in [0.05, 0.1) is 5.56 Å². The summed E-state index contributed by atoms with van der Waals surface area (Å²) in [6, 6.07) is 6.91. The lowest BCUT2D eigenvalue weighted by Gasteiger charge is -2.12. The van der Waals surface area contributed by atoms with Gasteiger partial charge in [0.25, 0.3) is 0 Å². The normalized spacial score (nSPS) is 13.2. The molecule has 0 aliphatic heterocycles. The number of halogens is 3. The molecule has 2 aromatic rings. The first-order valence-electron chi connectivity index (χ1n) is 5.88. The molecule has 0 spiro atoms. The standard InChI is InChI=1S/C13H11Cl3N2O2S/c1-7(21(2,19)20)13-17-11(15)10(12(16)18-13)8-4-3-5-9(14)6-8/h3-7H,1-2H3. The molecule has 1 atom stereocenters. The highest BCUT2D eigenvalue weighted by molar-refractivity contribution is 7.90. The zero-order valence-electron chi connectivity index (χ0n) is 11.1. The van der Waals surface area contributed by atoms with Gasteiger partial charge < -0.3 is 0 Å². The van der Waals surface area contributed by atoms with E-state index in [1.807, 2.05) is 0 Å². The van der Waals surface area contributed by atoms with Crippen LogP contribution in [-0.4, -0.2) is 24.6 Å². The SMILES string of the molecule is CC(c1nc(Cl)c(-c2cccc(Cl)c2)c(Cl)n1)S(C)(=O)=O.